The lowest BCUT2D eigenvalue weighted by molar-refractivity contribution is 0.156. The summed E-state index contributed by atoms with van der Waals surface area (Å²) in [7, 11) is 0. The van der Waals surface area contributed by atoms with E-state index < -0.39 is 0 Å². The van der Waals surface area contributed by atoms with Crippen LogP contribution in [0.5, 0.6) is 0 Å². The van der Waals surface area contributed by atoms with Crippen LogP contribution in [0.15, 0.2) is 24.3 Å². The van der Waals surface area contributed by atoms with E-state index in [0.717, 1.165) is 13.1 Å². The first-order chi connectivity index (χ1) is 7.81. The van der Waals surface area contributed by atoms with Gasteiger partial charge in [0.1, 0.15) is 5.82 Å². The summed E-state index contributed by atoms with van der Waals surface area (Å²) >= 11 is 0. The van der Waals surface area contributed by atoms with E-state index in [9.17, 15) is 4.39 Å². The smallest absolute Gasteiger partial charge is 0.123 e. The van der Waals surface area contributed by atoms with Crippen molar-refractivity contribution in [1.29, 1.82) is 0 Å². The summed E-state index contributed by atoms with van der Waals surface area (Å²) in [5, 5.41) is 3.44. The normalized spacial score (nSPS) is 27.7. The van der Waals surface area contributed by atoms with Crippen LogP contribution >= 0.6 is 0 Å². The molecule has 86 valence electrons. The Bertz CT molecular complexity index is 378. The molecule has 1 aliphatic heterocycles. The van der Waals surface area contributed by atoms with Gasteiger partial charge in [-0.1, -0.05) is 18.6 Å². The molecule has 1 saturated heterocycles. The van der Waals surface area contributed by atoms with Crippen molar-refractivity contribution in [2.24, 2.45) is 5.92 Å². The van der Waals surface area contributed by atoms with Crippen LogP contribution in [0.25, 0.3) is 0 Å². The number of hydrogen-bond donors (Lipinski definition) is 1. The molecule has 0 radical (unpaired) electrons. The highest BCUT2D eigenvalue weighted by Gasteiger charge is 2.46. The molecule has 0 amide bonds. The van der Waals surface area contributed by atoms with Crippen LogP contribution in [0.4, 0.5) is 4.39 Å². The number of hydrogen-bond acceptors (Lipinski definition) is 1. The first kappa shape index (κ1) is 10.3. The Hall–Kier alpha value is -0.890. The topological polar surface area (TPSA) is 12.0 Å². The fraction of sp³-hybridized carbons (Fsp3) is 0.571. The first-order valence-corrected chi connectivity index (χ1v) is 6.28. The fourth-order valence-corrected chi connectivity index (χ4v) is 3.41. The maximum Gasteiger partial charge on any atom is 0.123 e. The Morgan fingerprint density at radius 3 is 2.75 bits per heavy atom. The monoisotopic (exact) mass is 219 g/mol. The molecule has 1 atom stereocenters. The highest BCUT2D eigenvalue weighted by molar-refractivity contribution is 5.30. The largest absolute Gasteiger partial charge is 0.316 e. The molecule has 2 heteroatoms. The molecule has 2 aliphatic rings. The Labute approximate surface area is 96.1 Å². The van der Waals surface area contributed by atoms with E-state index in [0.29, 0.717) is 5.92 Å². The van der Waals surface area contributed by atoms with Crippen LogP contribution in [0, 0.1) is 11.7 Å². The molecular formula is C14H18FN. The minimum Gasteiger partial charge on any atom is -0.316 e. The van der Waals surface area contributed by atoms with Gasteiger partial charge in [0.05, 0.1) is 0 Å². The van der Waals surface area contributed by atoms with E-state index >= 15 is 0 Å². The summed E-state index contributed by atoms with van der Waals surface area (Å²) in [6, 6.07) is 7.26. The molecule has 3 rings (SSSR count). The average Bonchev–Trinajstić information content (AvgIpc) is 2.70. The second kappa shape index (κ2) is 3.85. The van der Waals surface area contributed by atoms with Crippen LogP contribution in [-0.4, -0.2) is 13.1 Å². The zero-order valence-electron chi connectivity index (χ0n) is 9.51. The summed E-state index contributed by atoms with van der Waals surface area (Å²) in [4.78, 5) is 0. The maximum absolute atomic E-state index is 13.3. The minimum atomic E-state index is -0.0882. The Balaban J connectivity index is 1.94. The van der Waals surface area contributed by atoms with Gasteiger partial charge in [0.15, 0.2) is 0 Å². The van der Waals surface area contributed by atoms with Gasteiger partial charge in [0.2, 0.25) is 0 Å². The van der Waals surface area contributed by atoms with Gasteiger partial charge >= 0.3 is 0 Å². The SMILES string of the molecule is Fc1cccc(C2(C3CCNC3)CCC2)c1. The van der Waals surface area contributed by atoms with Crippen molar-refractivity contribution in [2.45, 2.75) is 31.1 Å². The van der Waals surface area contributed by atoms with E-state index in [1.165, 1.54) is 31.2 Å². The van der Waals surface area contributed by atoms with Crippen molar-refractivity contribution in [1.82, 2.24) is 5.32 Å². The average molecular weight is 219 g/mol. The van der Waals surface area contributed by atoms with Crippen molar-refractivity contribution in [3.8, 4) is 0 Å². The molecule has 1 nitrogen and oxygen atoms in total. The van der Waals surface area contributed by atoms with Crippen molar-refractivity contribution in [2.75, 3.05) is 13.1 Å². The van der Waals surface area contributed by atoms with Gasteiger partial charge in [-0.05, 0) is 61.4 Å². The predicted molar refractivity (Wildman–Crippen MR) is 62.9 cm³/mol. The fourth-order valence-electron chi connectivity index (χ4n) is 3.41. The summed E-state index contributed by atoms with van der Waals surface area (Å²) < 4.78 is 13.3. The second-order valence-electron chi connectivity index (χ2n) is 5.21. The molecular weight excluding hydrogens is 201 g/mol. The van der Waals surface area contributed by atoms with Gasteiger partial charge in [0.25, 0.3) is 0 Å². The standard InChI is InChI=1S/C14H18FN/c15-13-4-1-3-11(9-13)14(6-2-7-14)12-5-8-16-10-12/h1,3-4,9,12,16H,2,5-8,10H2. The van der Waals surface area contributed by atoms with Gasteiger partial charge in [-0.25, -0.2) is 4.39 Å². The second-order valence-corrected chi connectivity index (χ2v) is 5.21. The predicted octanol–water partition coefficient (Wildman–Crippen LogP) is 2.86. The molecule has 1 aromatic rings. The molecule has 2 fully saturated rings. The summed E-state index contributed by atoms with van der Waals surface area (Å²) in [5.41, 5.74) is 1.51. The lowest BCUT2D eigenvalue weighted by Crippen LogP contribution is -2.42. The van der Waals surface area contributed by atoms with Gasteiger partial charge in [-0.2, -0.15) is 0 Å². The van der Waals surface area contributed by atoms with Gasteiger partial charge in [0, 0.05) is 0 Å². The Morgan fingerprint density at radius 1 is 1.31 bits per heavy atom. The molecule has 0 spiro atoms. The van der Waals surface area contributed by atoms with Gasteiger partial charge in [-0.3, -0.25) is 0 Å². The third-order valence-electron chi connectivity index (χ3n) is 4.49. The van der Waals surface area contributed by atoms with E-state index in [1.807, 2.05) is 6.07 Å². The molecule has 0 bridgehead atoms. The molecule has 1 aromatic carbocycles. The zero-order valence-corrected chi connectivity index (χ0v) is 9.51. The van der Waals surface area contributed by atoms with Gasteiger partial charge < -0.3 is 5.32 Å². The van der Waals surface area contributed by atoms with E-state index in [2.05, 4.69) is 11.4 Å². The molecule has 1 saturated carbocycles. The van der Waals surface area contributed by atoms with Crippen LogP contribution in [0.1, 0.15) is 31.2 Å². The maximum atomic E-state index is 13.3. The van der Waals surface area contributed by atoms with Crippen molar-refractivity contribution in [3.05, 3.63) is 35.6 Å². The molecule has 1 heterocycles. The highest BCUT2D eigenvalue weighted by atomic mass is 19.1. The molecule has 0 aromatic heterocycles. The number of rotatable bonds is 2. The van der Waals surface area contributed by atoms with E-state index in [4.69, 9.17) is 0 Å². The Kier molecular flexibility index (Phi) is 2.47. The summed E-state index contributed by atoms with van der Waals surface area (Å²) in [6.07, 6.45) is 5.02. The van der Waals surface area contributed by atoms with E-state index in [-0.39, 0.29) is 11.2 Å². The minimum absolute atomic E-state index is 0.0882. The van der Waals surface area contributed by atoms with Crippen molar-refractivity contribution in [3.63, 3.8) is 0 Å². The molecule has 1 N–H and O–H groups in total. The lowest BCUT2D eigenvalue weighted by Gasteiger charge is -2.47. The molecule has 16 heavy (non-hydrogen) atoms. The van der Waals surface area contributed by atoms with Crippen molar-refractivity contribution < 1.29 is 4.39 Å². The molecule has 1 unspecified atom stereocenters. The lowest BCUT2D eigenvalue weighted by atomic mass is 9.57. The number of nitrogens with one attached hydrogen (secondary N) is 1. The van der Waals surface area contributed by atoms with Crippen LogP contribution in [0.3, 0.4) is 0 Å². The van der Waals surface area contributed by atoms with Gasteiger partial charge in [-0.15, -0.1) is 0 Å². The summed E-state index contributed by atoms with van der Waals surface area (Å²) in [6.45, 7) is 2.23. The molecule has 1 aliphatic carbocycles. The quantitative estimate of drug-likeness (QED) is 0.806. The third-order valence-corrected chi connectivity index (χ3v) is 4.49. The Morgan fingerprint density at radius 2 is 2.19 bits per heavy atom. The number of halogens is 1. The third kappa shape index (κ3) is 1.47. The van der Waals surface area contributed by atoms with E-state index in [1.54, 1.807) is 12.1 Å². The first-order valence-electron chi connectivity index (χ1n) is 6.28. The van der Waals surface area contributed by atoms with Crippen LogP contribution < -0.4 is 5.32 Å². The van der Waals surface area contributed by atoms with Crippen molar-refractivity contribution >= 4 is 0 Å². The zero-order chi connectivity index (χ0) is 11.0. The van der Waals surface area contributed by atoms with Crippen LogP contribution in [0.2, 0.25) is 0 Å². The highest BCUT2D eigenvalue weighted by Crippen LogP contribution is 2.51. The number of benzene rings is 1. The van der Waals surface area contributed by atoms with Crippen LogP contribution in [-0.2, 0) is 5.41 Å². The summed E-state index contributed by atoms with van der Waals surface area (Å²) in [5.74, 6) is 0.623.